The van der Waals surface area contributed by atoms with Crippen LogP contribution in [0.1, 0.15) is 16.7 Å². The van der Waals surface area contributed by atoms with Gasteiger partial charge in [0.05, 0.1) is 5.69 Å². The summed E-state index contributed by atoms with van der Waals surface area (Å²) in [6.07, 6.45) is 0. The predicted molar refractivity (Wildman–Crippen MR) is 84.6 cm³/mol. The number of aryl methyl sites for hydroxylation is 2. The van der Waals surface area contributed by atoms with Crippen LogP contribution in [0.4, 0.5) is 0 Å². The minimum Gasteiger partial charge on any atom is -0.188 e. The van der Waals surface area contributed by atoms with E-state index in [1.165, 1.54) is 16.7 Å². The fourth-order valence-electron chi connectivity index (χ4n) is 2.10. The van der Waals surface area contributed by atoms with E-state index in [2.05, 4.69) is 47.6 Å². The summed E-state index contributed by atoms with van der Waals surface area (Å²) >= 11 is 1.65. The molecule has 3 rings (SSSR count). The van der Waals surface area contributed by atoms with Gasteiger partial charge in [0.1, 0.15) is 0 Å². The second-order valence-corrected chi connectivity index (χ2v) is 5.87. The van der Waals surface area contributed by atoms with Crippen molar-refractivity contribution in [2.24, 2.45) is 0 Å². The molecule has 0 bridgehead atoms. The van der Waals surface area contributed by atoms with Gasteiger partial charge in [0.15, 0.2) is 0 Å². The Balaban J connectivity index is 1.81. The summed E-state index contributed by atoms with van der Waals surface area (Å²) in [5.74, 6) is 0.862. The number of aromatic nitrogens is 4. The number of benzene rings is 2. The molecule has 1 aromatic heterocycles. The average Bonchev–Trinajstić information content (AvgIpc) is 2.97. The number of tetrazole rings is 1. The first-order valence-electron chi connectivity index (χ1n) is 6.77. The van der Waals surface area contributed by atoms with Crippen molar-refractivity contribution in [3.8, 4) is 5.69 Å². The Kier molecular flexibility index (Phi) is 4.01. The van der Waals surface area contributed by atoms with E-state index < -0.39 is 0 Å². The zero-order valence-electron chi connectivity index (χ0n) is 12.0. The van der Waals surface area contributed by atoms with Crippen molar-refractivity contribution in [3.05, 3.63) is 65.2 Å². The smallest absolute Gasteiger partial charge is 0.188 e. The predicted octanol–water partition coefficient (Wildman–Crippen LogP) is 3.57. The summed E-state index contributed by atoms with van der Waals surface area (Å²) in [6, 6.07) is 16.5. The van der Waals surface area contributed by atoms with Crippen molar-refractivity contribution in [2.75, 3.05) is 0 Å². The fraction of sp³-hybridized carbons (Fsp3) is 0.188. The number of para-hydroxylation sites is 1. The van der Waals surface area contributed by atoms with Crippen LogP contribution < -0.4 is 0 Å². The molecule has 1 heterocycles. The summed E-state index contributed by atoms with van der Waals surface area (Å²) in [4.78, 5) is 0. The van der Waals surface area contributed by atoms with Gasteiger partial charge in [0, 0.05) is 5.75 Å². The van der Waals surface area contributed by atoms with Crippen molar-refractivity contribution in [1.82, 2.24) is 20.2 Å². The summed E-state index contributed by atoms with van der Waals surface area (Å²) in [7, 11) is 0. The molecular formula is C16H16N4S. The average molecular weight is 296 g/mol. The van der Waals surface area contributed by atoms with Gasteiger partial charge in [-0.25, -0.2) is 0 Å². The summed E-state index contributed by atoms with van der Waals surface area (Å²) in [5.41, 5.74) is 4.87. The van der Waals surface area contributed by atoms with Crippen molar-refractivity contribution >= 4 is 11.8 Å². The number of rotatable bonds is 4. The van der Waals surface area contributed by atoms with Gasteiger partial charge in [-0.2, -0.15) is 4.68 Å². The highest BCUT2D eigenvalue weighted by atomic mass is 32.2. The molecule has 0 aliphatic rings. The Labute approximate surface area is 128 Å². The van der Waals surface area contributed by atoms with Gasteiger partial charge in [-0.15, -0.1) is 5.10 Å². The first-order chi connectivity index (χ1) is 10.2. The molecule has 0 N–H and O–H groups in total. The molecule has 0 saturated heterocycles. The largest absolute Gasteiger partial charge is 0.214 e. The Morgan fingerprint density at radius 3 is 2.67 bits per heavy atom. The normalized spacial score (nSPS) is 10.8. The first-order valence-corrected chi connectivity index (χ1v) is 7.75. The number of nitrogens with zero attached hydrogens (tertiary/aromatic N) is 4. The van der Waals surface area contributed by atoms with Crippen molar-refractivity contribution in [3.63, 3.8) is 0 Å². The van der Waals surface area contributed by atoms with Gasteiger partial charge in [-0.3, -0.25) is 0 Å². The second kappa shape index (κ2) is 6.10. The number of hydrogen-bond acceptors (Lipinski definition) is 4. The first kappa shape index (κ1) is 13.8. The van der Waals surface area contributed by atoms with E-state index in [0.29, 0.717) is 0 Å². The van der Waals surface area contributed by atoms with Gasteiger partial charge in [0.2, 0.25) is 5.16 Å². The molecule has 0 fully saturated rings. The molecule has 21 heavy (non-hydrogen) atoms. The van der Waals surface area contributed by atoms with E-state index in [0.717, 1.165) is 16.6 Å². The lowest BCUT2D eigenvalue weighted by atomic mass is 10.1. The maximum Gasteiger partial charge on any atom is 0.214 e. The molecule has 0 aliphatic heterocycles. The molecule has 0 atom stereocenters. The molecule has 4 nitrogen and oxygen atoms in total. The van der Waals surface area contributed by atoms with E-state index in [-0.39, 0.29) is 0 Å². The number of thioether (sulfide) groups is 1. The van der Waals surface area contributed by atoms with E-state index in [4.69, 9.17) is 0 Å². The minimum absolute atomic E-state index is 0.808. The molecule has 0 radical (unpaired) electrons. The van der Waals surface area contributed by atoms with Gasteiger partial charge in [-0.1, -0.05) is 53.7 Å². The van der Waals surface area contributed by atoms with Gasteiger partial charge in [-0.05, 0) is 47.5 Å². The SMILES string of the molecule is Cc1ccc(C)c(CSc2nnnn2-c2ccccc2)c1. The Hall–Kier alpha value is -2.14. The molecule has 0 amide bonds. The molecule has 0 spiro atoms. The fourth-order valence-corrected chi connectivity index (χ4v) is 3.05. The van der Waals surface area contributed by atoms with Crippen LogP contribution in [0.5, 0.6) is 0 Å². The molecular weight excluding hydrogens is 280 g/mol. The van der Waals surface area contributed by atoms with Crippen LogP contribution in [0.3, 0.4) is 0 Å². The maximum absolute atomic E-state index is 4.12. The van der Waals surface area contributed by atoms with Crippen molar-refractivity contribution in [2.45, 2.75) is 24.8 Å². The summed E-state index contributed by atoms with van der Waals surface area (Å²) in [5, 5.41) is 12.8. The van der Waals surface area contributed by atoms with E-state index in [1.807, 2.05) is 30.3 Å². The van der Waals surface area contributed by atoms with Gasteiger partial charge in [0.25, 0.3) is 0 Å². The zero-order chi connectivity index (χ0) is 14.7. The van der Waals surface area contributed by atoms with E-state index in [9.17, 15) is 0 Å². The highest BCUT2D eigenvalue weighted by molar-refractivity contribution is 7.98. The van der Waals surface area contributed by atoms with Gasteiger partial charge >= 0.3 is 0 Å². The third-order valence-corrected chi connectivity index (χ3v) is 4.27. The maximum atomic E-state index is 4.12. The second-order valence-electron chi connectivity index (χ2n) is 4.93. The van der Waals surface area contributed by atoms with Crippen LogP contribution in [0.15, 0.2) is 53.7 Å². The van der Waals surface area contributed by atoms with Crippen LogP contribution in [-0.2, 0) is 5.75 Å². The van der Waals surface area contributed by atoms with Gasteiger partial charge < -0.3 is 0 Å². The Morgan fingerprint density at radius 2 is 1.86 bits per heavy atom. The van der Waals surface area contributed by atoms with Crippen molar-refractivity contribution < 1.29 is 0 Å². The monoisotopic (exact) mass is 296 g/mol. The Morgan fingerprint density at radius 1 is 1.05 bits per heavy atom. The number of hydrogen-bond donors (Lipinski definition) is 0. The molecule has 0 unspecified atom stereocenters. The molecule has 0 aliphatic carbocycles. The summed E-state index contributed by atoms with van der Waals surface area (Å²) in [6.45, 7) is 4.25. The lowest BCUT2D eigenvalue weighted by Crippen LogP contribution is -1.99. The van der Waals surface area contributed by atoms with Crippen LogP contribution in [0.2, 0.25) is 0 Å². The zero-order valence-corrected chi connectivity index (χ0v) is 12.8. The quantitative estimate of drug-likeness (QED) is 0.690. The van der Waals surface area contributed by atoms with Crippen molar-refractivity contribution in [1.29, 1.82) is 0 Å². The topological polar surface area (TPSA) is 43.6 Å². The third kappa shape index (κ3) is 3.13. The lowest BCUT2D eigenvalue weighted by Gasteiger charge is -2.07. The molecule has 2 aromatic carbocycles. The summed E-state index contributed by atoms with van der Waals surface area (Å²) < 4.78 is 1.77. The minimum atomic E-state index is 0.808. The standard InChI is InChI=1S/C16H16N4S/c1-12-8-9-13(2)14(10-12)11-21-16-17-18-19-20(16)15-6-4-3-5-7-15/h3-10H,11H2,1-2H3. The van der Waals surface area contributed by atoms with Crippen LogP contribution in [-0.4, -0.2) is 20.2 Å². The van der Waals surface area contributed by atoms with Crippen LogP contribution in [0, 0.1) is 13.8 Å². The highest BCUT2D eigenvalue weighted by Crippen LogP contribution is 2.24. The van der Waals surface area contributed by atoms with E-state index in [1.54, 1.807) is 16.4 Å². The van der Waals surface area contributed by atoms with E-state index >= 15 is 0 Å². The molecule has 0 saturated carbocycles. The lowest BCUT2D eigenvalue weighted by molar-refractivity contribution is 0.756. The Bertz CT molecular complexity index is 737. The third-order valence-electron chi connectivity index (χ3n) is 3.30. The molecule has 5 heteroatoms. The van der Waals surface area contributed by atoms with Crippen LogP contribution >= 0.6 is 11.8 Å². The molecule has 106 valence electrons. The highest BCUT2D eigenvalue weighted by Gasteiger charge is 2.09. The molecule has 3 aromatic rings. The van der Waals surface area contributed by atoms with Crippen LogP contribution in [0.25, 0.3) is 5.69 Å².